The Balaban J connectivity index is 1.94. The van der Waals surface area contributed by atoms with Gasteiger partial charge in [-0.2, -0.15) is 0 Å². The molecule has 0 saturated heterocycles. The molecule has 1 atom stereocenters. The van der Waals surface area contributed by atoms with Crippen molar-refractivity contribution in [2.75, 3.05) is 0 Å². The van der Waals surface area contributed by atoms with Crippen molar-refractivity contribution >= 4 is 23.1 Å². The molecule has 1 aliphatic heterocycles. The molecule has 0 aromatic heterocycles. The zero-order valence-electron chi connectivity index (χ0n) is 10.0. The summed E-state index contributed by atoms with van der Waals surface area (Å²) in [4.78, 5) is 11.9. The maximum atomic E-state index is 11.9. The van der Waals surface area contributed by atoms with Crippen molar-refractivity contribution in [3.8, 4) is 0 Å². The first-order valence-electron chi connectivity index (χ1n) is 5.98. The molecule has 0 fully saturated rings. The van der Waals surface area contributed by atoms with E-state index in [-0.39, 0.29) is 12.1 Å². The van der Waals surface area contributed by atoms with Crippen LogP contribution in [-0.2, 0) is 9.53 Å². The molecule has 94 valence electrons. The van der Waals surface area contributed by atoms with Gasteiger partial charge < -0.3 is 4.74 Å². The minimum atomic E-state index is -0.306. The molecule has 1 aliphatic rings. The van der Waals surface area contributed by atoms with Crippen LogP contribution in [0, 0.1) is 0 Å². The van der Waals surface area contributed by atoms with Crippen molar-refractivity contribution in [1.29, 1.82) is 0 Å². The Morgan fingerprint density at radius 1 is 0.947 bits per heavy atom. The normalized spacial score (nSPS) is 18.1. The molecule has 0 radical (unpaired) electrons. The number of benzene rings is 2. The Morgan fingerprint density at radius 3 is 2.32 bits per heavy atom. The molecule has 2 nitrogen and oxygen atoms in total. The summed E-state index contributed by atoms with van der Waals surface area (Å²) >= 11 is 5.84. The lowest BCUT2D eigenvalue weighted by molar-refractivity contribution is -0.137. The smallest absolute Gasteiger partial charge is 0.339 e. The van der Waals surface area contributed by atoms with Gasteiger partial charge in [0.2, 0.25) is 0 Å². The van der Waals surface area contributed by atoms with Gasteiger partial charge >= 0.3 is 5.97 Å². The van der Waals surface area contributed by atoms with E-state index in [9.17, 15) is 4.79 Å². The number of hydrogen-bond donors (Lipinski definition) is 0. The summed E-state index contributed by atoms with van der Waals surface area (Å²) < 4.78 is 5.38. The van der Waals surface area contributed by atoms with Crippen molar-refractivity contribution in [2.24, 2.45) is 0 Å². The highest BCUT2D eigenvalue weighted by atomic mass is 35.5. The third-order valence-electron chi connectivity index (χ3n) is 3.06. The number of ether oxygens (including phenoxy) is 1. The molecule has 0 aliphatic carbocycles. The lowest BCUT2D eigenvalue weighted by Gasteiger charge is -2.07. The average Bonchev–Trinajstić information content (AvgIpc) is 2.83. The van der Waals surface area contributed by atoms with E-state index in [1.807, 2.05) is 48.5 Å². The SMILES string of the molecule is O=C1OC(c2ccccc2)C=C1c1ccc(Cl)cc1. The maximum Gasteiger partial charge on any atom is 0.339 e. The first kappa shape index (κ1) is 12.0. The fourth-order valence-corrected chi connectivity index (χ4v) is 2.21. The lowest BCUT2D eigenvalue weighted by Crippen LogP contribution is -2.01. The van der Waals surface area contributed by atoms with Gasteiger partial charge in [-0.15, -0.1) is 0 Å². The summed E-state index contributed by atoms with van der Waals surface area (Å²) in [5, 5.41) is 0.648. The summed E-state index contributed by atoms with van der Waals surface area (Å²) in [7, 11) is 0. The molecule has 0 amide bonds. The molecule has 0 saturated carbocycles. The molecule has 3 heteroatoms. The molecule has 0 spiro atoms. The van der Waals surface area contributed by atoms with Crippen LogP contribution in [-0.4, -0.2) is 5.97 Å². The fourth-order valence-electron chi connectivity index (χ4n) is 2.08. The van der Waals surface area contributed by atoms with Crippen LogP contribution in [0.15, 0.2) is 60.7 Å². The summed E-state index contributed by atoms with van der Waals surface area (Å²) in [5.74, 6) is -0.295. The highest BCUT2D eigenvalue weighted by molar-refractivity contribution is 6.30. The van der Waals surface area contributed by atoms with Gasteiger partial charge in [0.05, 0.1) is 5.57 Å². The lowest BCUT2D eigenvalue weighted by atomic mass is 10.0. The quantitative estimate of drug-likeness (QED) is 0.771. The van der Waals surface area contributed by atoms with E-state index in [4.69, 9.17) is 16.3 Å². The van der Waals surface area contributed by atoms with Gasteiger partial charge in [0.1, 0.15) is 6.10 Å². The summed E-state index contributed by atoms with van der Waals surface area (Å²) in [6.45, 7) is 0. The van der Waals surface area contributed by atoms with Gasteiger partial charge in [0, 0.05) is 5.02 Å². The third-order valence-corrected chi connectivity index (χ3v) is 3.31. The van der Waals surface area contributed by atoms with Crippen LogP contribution in [0.1, 0.15) is 17.2 Å². The monoisotopic (exact) mass is 270 g/mol. The molecule has 2 aromatic rings. The Bertz CT molecular complexity index is 630. The predicted octanol–water partition coefficient (Wildman–Crippen LogP) is 4.02. The van der Waals surface area contributed by atoms with Crippen LogP contribution in [0.2, 0.25) is 5.02 Å². The van der Waals surface area contributed by atoms with Gasteiger partial charge in [0.15, 0.2) is 0 Å². The second-order valence-corrected chi connectivity index (χ2v) is 4.76. The second kappa shape index (κ2) is 4.90. The molecule has 0 bridgehead atoms. The van der Waals surface area contributed by atoms with Crippen LogP contribution in [0.5, 0.6) is 0 Å². The predicted molar refractivity (Wildman–Crippen MR) is 74.7 cm³/mol. The maximum absolute atomic E-state index is 11.9. The molecule has 1 heterocycles. The topological polar surface area (TPSA) is 26.3 Å². The first-order valence-corrected chi connectivity index (χ1v) is 6.35. The van der Waals surface area contributed by atoms with Crippen molar-refractivity contribution < 1.29 is 9.53 Å². The van der Waals surface area contributed by atoms with Crippen molar-refractivity contribution in [3.63, 3.8) is 0 Å². The van der Waals surface area contributed by atoms with Crippen molar-refractivity contribution in [3.05, 3.63) is 76.8 Å². The fraction of sp³-hybridized carbons (Fsp3) is 0.0625. The van der Waals surface area contributed by atoms with E-state index in [0.29, 0.717) is 10.6 Å². The van der Waals surface area contributed by atoms with Crippen LogP contribution < -0.4 is 0 Å². The summed E-state index contributed by atoms with van der Waals surface area (Å²) in [6, 6.07) is 16.9. The number of esters is 1. The molecule has 0 N–H and O–H groups in total. The van der Waals surface area contributed by atoms with Gasteiger partial charge in [-0.05, 0) is 29.3 Å². The van der Waals surface area contributed by atoms with E-state index in [0.717, 1.165) is 11.1 Å². The number of hydrogen-bond acceptors (Lipinski definition) is 2. The van der Waals surface area contributed by atoms with Gasteiger partial charge in [0.25, 0.3) is 0 Å². The Kier molecular flexibility index (Phi) is 3.10. The van der Waals surface area contributed by atoms with Gasteiger partial charge in [-0.3, -0.25) is 0 Å². The minimum Gasteiger partial charge on any atom is -0.450 e. The Morgan fingerprint density at radius 2 is 1.63 bits per heavy atom. The van der Waals surface area contributed by atoms with E-state index in [1.54, 1.807) is 12.1 Å². The van der Waals surface area contributed by atoms with Crippen LogP contribution in [0.4, 0.5) is 0 Å². The number of rotatable bonds is 2. The number of carbonyl (C=O) groups excluding carboxylic acids is 1. The van der Waals surface area contributed by atoms with E-state index < -0.39 is 0 Å². The molecule has 1 unspecified atom stereocenters. The molecular formula is C16H11ClO2. The summed E-state index contributed by atoms with van der Waals surface area (Å²) in [5.41, 5.74) is 2.39. The van der Waals surface area contributed by atoms with Crippen LogP contribution in [0.25, 0.3) is 5.57 Å². The minimum absolute atomic E-state index is 0.295. The van der Waals surface area contributed by atoms with Crippen molar-refractivity contribution in [2.45, 2.75) is 6.10 Å². The number of cyclic esters (lactones) is 1. The Labute approximate surface area is 116 Å². The highest BCUT2D eigenvalue weighted by Gasteiger charge is 2.27. The van der Waals surface area contributed by atoms with E-state index in [2.05, 4.69) is 0 Å². The summed E-state index contributed by atoms with van der Waals surface area (Å²) in [6.07, 6.45) is 1.54. The van der Waals surface area contributed by atoms with E-state index in [1.165, 1.54) is 0 Å². The third kappa shape index (κ3) is 2.40. The van der Waals surface area contributed by atoms with Crippen LogP contribution in [0.3, 0.4) is 0 Å². The molecule has 19 heavy (non-hydrogen) atoms. The van der Waals surface area contributed by atoms with Gasteiger partial charge in [-0.25, -0.2) is 4.79 Å². The van der Waals surface area contributed by atoms with Gasteiger partial charge in [-0.1, -0.05) is 54.1 Å². The zero-order valence-corrected chi connectivity index (χ0v) is 10.8. The zero-order chi connectivity index (χ0) is 13.2. The average molecular weight is 271 g/mol. The Hall–Kier alpha value is -2.06. The van der Waals surface area contributed by atoms with Crippen LogP contribution >= 0.6 is 11.6 Å². The number of carbonyl (C=O) groups is 1. The van der Waals surface area contributed by atoms with E-state index >= 15 is 0 Å². The molecular weight excluding hydrogens is 260 g/mol. The number of halogens is 1. The first-order chi connectivity index (χ1) is 9.24. The second-order valence-electron chi connectivity index (χ2n) is 4.32. The molecule has 3 rings (SSSR count). The van der Waals surface area contributed by atoms with Crippen molar-refractivity contribution in [1.82, 2.24) is 0 Å². The molecule has 2 aromatic carbocycles. The highest BCUT2D eigenvalue weighted by Crippen LogP contribution is 2.32. The standard InChI is InChI=1S/C16H11ClO2/c17-13-8-6-11(7-9-13)14-10-15(19-16(14)18)12-4-2-1-3-5-12/h1-10,15H. The largest absolute Gasteiger partial charge is 0.450 e.